The lowest BCUT2D eigenvalue weighted by atomic mass is 9.79. The van der Waals surface area contributed by atoms with E-state index in [0.29, 0.717) is 6.61 Å². The van der Waals surface area contributed by atoms with Crippen molar-refractivity contribution in [3.63, 3.8) is 0 Å². The third-order valence-corrected chi connectivity index (χ3v) is 3.01. The minimum Gasteiger partial charge on any atom is -0.494 e. The second-order valence-electron chi connectivity index (χ2n) is 4.67. The van der Waals surface area contributed by atoms with Crippen LogP contribution in [0, 0.1) is 5.82 Å². The van der Waals surface area contributed by atoms with E-state index in [-0.39, 0.29) is 11.2 Å². The first-order valence-corrected chi connectivity index (χ1v) is 6.93. The van der Waals surface area contributed by atoms with Crippen LogP contribution in [-0.2, 0) is 0 Å². The van der Waals surface area contributed by atoms with Gasteiger partial charge in [0.15, 0.2) is 0 Å². The number of benzene rings is 1. The van der Waals surface area contributed by atoms with Crippen molar-refractivity contribution >= 4 is 12.6 Å². The Balaban J connectivity index is 2.34. The van der Waals surface area contributed by atoms with Crippen LogP contribution >= 0.6 is 0 Å². The minimum atomic E-state index is -1.64. The van der Waals surface area contributed by atoms with E-state index in [0.717, 1.165) is 12.8 Å². The monoisotopic (exact) mass is 268 g/mol. The molecule has 0 atom stereocenters. The van der Waals surface area contributed by atoms with Crippen molar-refractivity contribution in [2.24, 2.45) is 0 Å². The molecule has 0 unspecified atom stereocenters. The van der Waals surface area contributed by atoms with Crippen molar-refractivity contribution in [2.75, 3.05) is 6.61 Å². The Labute approximate surface area is 114 Å². The molecule has 0 aliphatic heterocycles. The van der Waals surface area contributed by atoms with E-state index >= 15 is 0 Å². The molecule has 2 N–H and O–H groups in total. The van der Waals surface area contributed by atoms with Gasteiger partial charge < -0.3 is 14.8 Å². The molecule has 0 saturated heterocycles. The lowest BCUT2D eigenvalue weighted by Gasteiger charge is -2.11. The predicted octanol–water partition coefficient (Wildman–Crippen LogP) is 2.24. The molecule has 0 aliphatic rings. The van der Waals surface area contributed by atoms with Gasteiger partial charge in [-0.2, -0.15) is 0 Å². The topological polar surface area (TPSA) is 49.7 Å². The van der Waals surface area contributed by atoms with Gasteiger partial charge in [-0.1, -0.05) is 45.1 Å². The van der Waals surface area contributed by atoms with Gasteiger partial charge in [0, 0.05) is 11.5 Å². The maximum absolute atomic E-state index is 13.1. The van der Waals surface area contributed by atoms with E-state index in [1.54, 1.807) is 0 Å². The van der Waals surface area contributed by atoms with Gasteiger partial charge >= 0.3 is 7.12 Å². The normalized spacial score (nSPS) is 10.5. The van der Waals surface area contributed by atoms with Gasteiger partial charge in [0.1, 0.15) is 11.6 Å². The second kappa shape index (κ2) is 8.94. The maximum atomic E-state index is 13.1. The molecule has 0 spiro atoms. The van der Waals surface area contributed by atoms with Crippen molar-refractivity contribution in [2.45, 2.75) is 45.4 Å². The summed E-state index contributed by atoms with van der Waals surface area (Å²) in [5.74, 6) is -0.231. The van der Waals surface area contributed by atoms with E-state index < -0.39 is 12.9 Å². The van der Waals surface area contributed by atoms with Crippen LogP contribution in [0.4, 0.5) is 4.39 Å². The van der Waals surface area contributed by atoms with E-state index in [9.17, 15) is 4.39 Å². The van der Waals surface area contributed by atoms with Crippen LogP contribution in [0.25, 0.3) is 0 Å². The summed E-state index contributed by atoms with van der Waals surface area (Å²) in [5.41, 5.74) is 0.201. The fourth-order valence-corrected chi connectivity index (χ4v) is 1.91. The molecule has 0 aliphatic carbocycles. The molecule has 19 heavy (non-hydrogen) atoms. The Hall–Kier alpha value is -1.07. The van der Waals surface area contributed by atoms with Crippen molar-refractivity contribution in [1.29, 1.82) is 0 Å². The lowest BCUT2D eigenvalue weighted by Crippen LogP contribution is -2.31. The first-order chi connectivity index (χ1) is 9.15. The first-order valence-electron chi connectivity index (χ1n) is 6.93. The second-order valence-corrected chi connectivity index (χ2v) is 4.67. The Morgan fingerprint density at radius 3 is 2.47 bits per heavy atom. The number of hydrogen-bond donors (Lipinski definition) is 2. The SMILES string of the molecule is CCCCCCCCOc1cc(F)ccc1B(O)O. The smallest absolute Gasteiger partial charge is 0.492 e. The largest absolute Gasteiger partial charge is 0.494 e. The molecule has 5 heteroatoms. The summed E-state index contributed by atoms with van der Waals surface area (Å²) < 4.78 is 18.5. The van der Waals surface area contributed by atoms with Gasteiger partial charge in [0.05, 0.1) is 6.61 Å². The zero-order valence-corrected chi connectivity index (χ0v) is 11.4. The quantitative estimate of drug-likeness (QED) is 0.533. The average Bonchev–Trinajstić information content (AvgIpc) is 2.37. The molecule has 1 rings (SSSR count). The summed E-state index contributed by atoms with van der Waals surface area (Å²) >= 11 is 0. The van der Waals surface area contributed by atoms with Crippen LogP contribution < -0.4 is 10.2 Å². The van der Waals surface area contributed by atoms with Crippen LogP contribution in [0.3, 0.4) is 0 Å². The maximum Gasteiger partial charge on any atom is 0.492 e. The van der Waals surface area contributed by atoms with Crippen LogP contribution in [0.5, 0.6) is 5.75 Å². The van der Waals surface area contributed by atoms with Gasteiger partial charge in [0.2, 0.25) is 0 Å². The van der Waals surface area contributed by atoms with Gasteiger partial charge in [-0.3, -0.25) is 0 Å². The average molecular weight is 268 g/mol. The van der Waals surface area contributed by atoms with E-state index in [1.807, 2.05) is 0 Å². The van der Waals surface area contributed by atoms with Crippen LogP contribution in [0.2, 0.25) is 0 Å². The summed E-state index contributed by atoms with van der Waals surface area (Å²) in [6, 6.07) is 3.70. The molecule has 3 nitrogen and oxygen atoms in total. The summed E-state index contributed by atoms with van der Waals surface area (Å²) in [6.07, 6.45) is 6.85. The van der Waals surface area contributed by atoms with Crippen molar-refractivity contribution in [1.82, 2.24) is 0 Å². The molecule has 0 radical (unpaired) electrons. The molecule has 0 heterocycles. The minimum absolute atomic E-state index is 0.201. The van der Waals surface area contributed by atoms with Crippen LogP contribution in [0.1, 0.15) is 45.4 Å². The third-order valence-electron chi connectivity index (χ3n) is 3.01. The Morgan fingerprint density at radius 2 is 1.79 bits per heavy atom. The number of hydrogen-bond acceptors (Lipinski definition) is 3. The number of rotatable bonds is 9. The molecule has 1 aromatic carbocycles. The molecule has 0 fully saturated rings. The molecular formula is C14H22BFO3. The van der Waals surface area contributed by atoms with Gasteiger partial charge in [-0.15, -0.1) is 0 Å². The number of halogens is 1. The zero-order valence-electron chi connectivity index (χ0n) is 11.4. The summed E-state index contributed by atoms with van der Waals surface area (Å²) in [4.78, 5) is 0. The highest BCUT2D eigenvalue weighted by Gasteiger charge is 2.17. The van der Waals surface area contributed by atoms with Crippen LogP contribution in [0.15, 0.2) is 18.2 Å². The molecule has 0 amide bonds. The lowest BCUT2D eigenvalue weighted by molar-refractivity contribution is 0.303. The molecule has 0 saturated carbocycles. The van der Waals surface area contributed by atoms with Gasteiger partial charge in [-0.25, -0.2) is 4.39 Å². The van der Waals surface area contributed by atoms with Crippen molar-refractivity contribution in [3.05, 3.63) is 24.0 Å². The van der Waals surface area contributed by atoms with Crippen LogP contribution in [-0.4, -0.2) is 23.8 Å². The van der Waals surface area contributed by atoms with E-state index in [4.69, 9.17) is 14.8 Å². The van der Waals surface area contributed by atoms with Crippen molar-refractivity contribution < 1.29 is 19.2 Å². The van der Waals surface area contributed by atoms with Crippen molar-refractivity contribution in [3.8, 4) is 5.75 Å². The molecule has 106 valence electrons. The first kappa shape index (κ1) is 16.0. The summed E-state index contributed by atoms with van der Waals surface area (Å²) in [6.45, 7) is 2.64. The summed E-state index contributed by atoms with van der Waals surface area (Å²) in [5, 5.41) is 18.3. The fraction of sp³-hybridized carbons (Fsp3) is 0.571. The Kier molecular flexibility index (Phi) is 7.52. The third kappa shape index (κ3) is 6.08. The molecule has 0 bridgehead atoms. The predicted molar refractivity (Wildman–Crippen MR) is 75.1 cm³/mol. The highest BCUT2D eigenvalue weighted by atomic mass is 19.1. The fourth-order valence-electron chi connectivity index (χ4n) is 1.91. The van der Waals surface area contributed by atoms with Gasteiger partial charge in [0.25, 0.3) is 0 Å². The highest BCUT2D eigenvalue weighted by molar-refractivity contribution is 6.59. The zero-order chi connectivity index (χ0) is 14.1. The number of unbranched alkanes of at least 4 members (excludes halogenated alkanes) is 5. The van der Waals surface area contributed by atoms with E-state index in [2.05, 4.69) is 6.92 Å². The molecule has 1 aromatic rings. The molecular weight excluding hydrogens is 246 g/mol. The Morgan fingerprint density at radius 1 is 1.11 bits per heavy atom. The van der Waals surface area contributed by atoms with E-state index in [1.165, 1.54) is 43.9 Å². The number of ether oxygens (including phenoxy) is 1. The highest BCUT2D eigenvalue weighted by Crippen LogP contribution is 2.12. The summed E-state index contributed by atoms with van der Waals surface area (Å²) in [7, 11) is -1.64. The van der Waals surface area contributed by atoms with Gasteiger partial charge in [-0.05, 0) is 12.5 Å². The molecule has 0 aromatic heterocycles. The Bertz CT molecular complexity index is 372. The standard InChI is InChI=1S/C14H22BFO3/c1-2-3-4-5-6-7-10-19-14-11-12(16)8-9-13(14)15(17)18/h8-9,11,17-18H,2-7,10H2,1H3.